The van der Waals surface area contributed by atoms with Gasteiger partial charge in [-0.25, -0.2) is 5.01 Å². The van der Waals surface area contributed by atoms with Crippen molar-refractivity contribution in [2.75, 3.05) is 14.1 Å². The maximum atomic E-state index is 11.0. The average molecular weight is 209 g/mol. The quantitative estimate of drug-likeness (QED) is 0.549. The van der Waals surface area contributed by atoms with E-state index in [1.165, 1.54) is 0 Å². The summed E-state index contributed by atoms with van der Waals surface area (Å²) in [6.45, 7) is 1.95. The van der Waals surface area contributed by atoms with Crippen molar-refractivity contribution in [3.05, 3.63) is 0 Å². The fourth-order valence-corrected chi connectivity index (χ4v) is 0.578. The van der Waals surface area contributed by atoms with Gasteiger partial charge in [0.15, 0.2) is 0 Å². The molecule has 0 aromatic rings. The number of carbonyl (C=O) groups is 1. The maximum absolute atomic E-state index is 11.0. The van der Waals surface area contributed by atoms with Crippen molar-refractivity contribution >= 4 is 21.8 Å². The Balaban J connectivity index is 3.62. The van der Waals surface area contributed by atoms with Gasteiger partial charge in [0, 0.05) is 14.1 Å². The Bertz CT molecular complexity index is 116. The summed E-state index contributed by atoms with van der Waals surface area (Å²) in [7, 11) is 3.57. The Morgan fingerprint density at radius 2 is 2.20 bits per heavy atom. The summed E-state index contributed by atoms with van der Waals surface area (Å²) in [5, 5.41) is 1.63. The lowest BCUT2D eigenvalue weighted by Crippen LogP contribution is -2.40. The lowest BCUT2D eigenvalue weighted by Gasteiger charge is -2.13. The lowest BCUT2D eigenvalue weighted by molar-refractivity contribution is -0.124. The summed E-state index contributed by atoms with van der Waals surface area (Å²) in [6, 6.07) is 0. The normalized spacial score (nSPS) is 13.3. The van der Waals surface area contributed by atoms with Crippen molar-refractivity contribution in [3.8, 4) is 0 Å². The molecule has 1 amide bonds. The van der Waals surface area contributed by atoms with E-state index in [1.807, 2.05) is 6.92 Å². The average Bonchev–Trinajstić information content (AvgIpc) is 1.85. The topological polar surface area (TPSA) is 32.3 Å². The van der Waals surface area contributed by atoms with Gasteiger partial charge in [-0.1, -0.05) is 22.9 Å². The first kappa shape index (κ1) is 9.91. The van der Waals surface area contributed by atoms with Gasteiger partial charge in [-0.15, -0.1) is 0 Å². The molecule has 0 saturated heterocycles. The van der Waals surface area contributed by atoms with Crippen LogP contribution in [0.4, 0.5) is 0 Å². The third-order valence-corrected chi connectivity index (χ3v) is 2.04. The van der Waals surface area contributed by atoms with E-state index < -0.39 is 0 Å². The van der Waals surface area contributed by atoms with Crippen LogP contribution in [0, 0.1) is 0 Å². The summed E-state index contributed by atoms with van der Waals surface area (Å²) in [4.78, 5) is 10.9. The molecule has 0 rings (SSSR count). The number of alkyl halides is 1. The van der Waals surface area contributed by atoms with E-state index in [-0.39, 0.29) is 10.7 Å². The molecule has 0 heterocycles. The van der Waals surface area contributed by atoms with Crippen molar-refractivity contribution in [2.24, 2.45) is 0 Å². The molecule has 4 heteroatoms. The van der Waals surface area contributed by atoms with Crippen LogP contribution in [0.5, 0.6) is 0 Å². The minimum Gasteiger partial charge on any atom is -0.288 e. The Morgan fingerprint density at radius 1 is 1.70 bits per heavy atom. The molecule has 0 aromatic heterocycles. The van der Waals surface area contributed by atoms with E-state index in [0.717, 1.165) is 6.42 Å². The molecule has 1 atom stereocenters. The first-order valence-corrected chi connectivity index (χ1v) is 4.11. The number of hydrazine groups is 1. The maximum Gasteiger partial charge on any atom is 0.248 e. The van der Waals surface area contributed by atoms with Crippen molar-refractivity contribution in [2.45, 2.75) is 18.2 Å². The van der Waals surface area contributed by atoms with Gasteiger partial charge in [-0.2, -0.15) is 0 Å². The molecule has 1 N–H and O–H groups in total. The van der Waals surface area contributed by atoms with E-state index in [1.54, 1.807) is 19.1 Å². The fourth-order valence-electron chi connectivity index (χ4n) is 0.476. The number of hydrogen-bond acceptors (Lipinski definition) is 2. The highest BCUT2D eigenvalue weighted by atomic mass is 79.9. The number of carbonyl (C=O) groups excluding carboxylic acids is 1. The zero-order valence-electron chi connectivity index (χ0n) is 6.52. The molecule has 0 aliphatic rings. The molecule has 0 bridgehead atoms. The van der Waals surface area contributed by atoms with Gasteiger partial charge >= 0.3 is 0 Å². The second-order valence-electron chi connectivity index (χ2n) is 2.25. The first-order valence-electron chi connectivity index (χ1n) is 3.19. The molecule has 0 radical (unpaired) electrons. The van der Waals surface area contributed by atoms with Crippen LogP contribution in [-0.4, -0.2) is 29.8 Å². The van der Waals surface area contributed by atoms with Crippen molar-refractivity contribution in [1.82, 2.24) is 10.4 Å². The van der Waals surface area contributed by atoms with E-state index in [4.69, 9.17) is 0 Å². The highest BCUT2D eigenvalue weighted by Crippen LogP contribution is 2.03. The molecule has 0 aromatic carbocycles. The second-order valence-corrected chi connectivity index (χ2v) is 3.35. The monoisotopic (exact) mass is 208 g/mol. The van der Waals surface area contributed by atoms with Crippen LogP contribution in [0.1, 0.15) is 13.3 Å². The predicted octanol–water partition coefficient (Wildman–Crippen LogP) is 0.753. The van der Waals surface area contributed by atoms with E-state index >= 15 is 0 Å². The number of amides is 1. The fraction of sp³-hybridized carbons (Fsp3) is 0.833. The second kappa shape index (κ2) is 4.68. The highest BCUT2D eigenvalue weighted by Gasteiger charge is 2.11. The molecule has 60 valence electrons. The molecular weight excluding hydrogens is 196 g/mol. The third-order valence-electron chi connectivity index (χ3n) is 0.977. The van der Waals surface area contributed by atoms with Crippen LogP contribution in [0.25, 0.3) is 0 Å². The molecular formula is C6H13BrN2O. The highest BCUT2D eigenvalue weighted by molar-refractivity contribution is 9.10. The largest absolute Gasteiger partial charge is 0.288 e. The third kappa shape index (κ3) is 3.85. The molecule has 0 saturated carbocycles. The van der Waals surface area contributed by atoms with Gasteiger partial charge in [-0.3, -0.25) is 10.2 Å². The molecule has 0 aliphatic heterocycles. The SMILES string of the molecule is CCC(Br)C(=O)NN(C)C. The molecule has 1 unspecified atom stereocenters. The lowest BCUT2D eigenvalue weighted by atomic mass is 10.3. The number of nitrogens with zero attached hydrogens (tertiary/aromatic N) is 1. The zero-order valence-corrected chi connectivity index (χ0v) is 8.10. The van der Waals surface area contributed by atoms with Crippen LogP contribution >= 0.6 is 15.9 Å². The van der Waals surface area contributed by atoms with Crippen molar-refractivity contribution in [1.29, 1.82) is 0 Å². The van der Waals surface area contributed by atoms with Crippen LogP contribution in [0.15, 0.2) is 0 Å². The van der Waals surface area contributed by atoms with Crippen LogP contribution in [-0.2, 0) is 4.79 Å². The summed E-state index contributed by atoms with van der Waals surface area (Å²) in [5.74, 6) is 0.00694. The first-order chi connectivity index (χ1) is 4.57. The van der Waals surface area contributed by atoms with Crippen LogP contribution in [0.2, 0.25) is 0 Å². The molecule has 3 nitrogen and oxygen atoms in total. The Morgan fingerprint density at radius 3 is 2.50 bits per heavy atom. The zero-order chi connectivity index (χ0) is 8.15. The van der Waals surface area contributed by atoms with Crippen LogP contribution < -0.4 is 5.43 Å². The summed E-state index contributed by atoms with van der Waals surface area (Å²) < 4.78 is 0. The summed E-state index contributed by atoms with van der Waals surface area (Å²) in [6.07, 6.45) is 0.805. The van der Waals surface area contributed by atoms with Gasteiger partial charge in [0.1, 0.15) is 0 Å². The van der Waals surface area contributed by atoms with Gasteiger partial charge in [-0.05, 0) is 6.42 Å². The minimum atomic E-state index is -0.0742. The van der Waals surface area contributed by atoms with E-state index in [2.05, 4.69) is 21.4 Å². The van der Waals surface area contributed by atoms with Crippen molar-refractivity contribution < 1.29 is 4.79 Å². The molecule has 0 fully saturated rings. The van der Waals surface area contributed by atoms with Gasteiger partial charge in [0.25, 0.3) is 0 Å². The minimum absolute atomic E-state index is 0.00694. The Hall–Kier alpha value is -0.0900. The standard InChI is InChI=1S/C6H13BrN2O/c1-4-5(7)6(10)8-9(2)3/h5H,4H2,1-3H3,(H,8,10). The molecule has 0 aliphatic carbocycles. The Kier molecular flexibility index (Phi) is 4.64. The van der Waals surface area contributed by atoms with Gasteiger partial charge in [0.2, 0.25) is 5.91 Å². The number of rotatable bonds is 3. The van der Waals surface area contributed by atoms with Gasteiger partial charge < -0.3 is 0 Å². The molecule has 10 heavy (non-hydrogen) atoms. The molecule has 0 spiro atoms. The smallest absolute Gasteiger partial charge is 0.248 e. The summed E-state index contributed by atoms with van der Waals surface area (Å²) in [5.41, 5.74) is 2.64. The van der Waals surface area contributed by atoms with E-state index in [9.17, 15) is 4.79 Å². The van der Waals surface area contributed by atoms with Gasteiger partial charge in [0.05, 0.1) is 4.83 Å². The van der Waals surface area contributed by atoms with Crippen molar-refractivity contribution in [3.63, 3.8) is 0 Å². The van der Waals surface area contributed by atoms with Crippen LogP contribution in [0.3, 0.4) is 0 Å². The summed E-state index contributed by atoms with van der Waals surface area (Å²) >= 11 is 3.23. The number of hydrogen-bond donors (Lipinski definition) is 1. The number of halogens is 1. The Labute approximate surface area is 69.9 Å². The predicted molar refractivity (Wildman–Crippen MR) is 44.8 cm³/mol. The van der Waals surface area contributed by atoms with E-state index in [0.29, 0.717) is 0 Å². The number of nitrogens with one attached hydrogen (secondary N) is 1.